The van der Waals surface area contributed by atoms with Crippen LogP contribution in [0.4, 0.5) is 0 Å². The Hall–Kier alpha value is -1.51. The van der Waals surface area contributed by atoms with Crippen molar-refractivity contribution in [1.82, 2.24) is 0 Å². The minimum Gasteiger partial charge on any atom is -0.490 e. The summed E-state index contributed by atoms with van der Waals surface area (Å²) in [5, 5.41) is 0. The summed E-state index contributed by atoms with van der Waals surface area (Å²) in [7, 11) is 1.41. The lowest BCUT2D eigenvalue weighted by molar-refractivity contribution is -0.142. The van der Waals surface area contributed by atoms with Gasteiger partial charge in [0.05, 0.1) is 13.5 Å². The first-order valence-electron chi connectivity index (χ1n) is 5.52. The molecular formula is C13H16O3. The predicted octanol–water partition coefficient (Wildman–Crippen LogP) is 2.25. The summed E-state index contributed by atoms with van der Waals surface area (Å²) < 4.78 is 10.4. The van der Waals surface area contributed by atoms with E-state index < -0.39 is 0 Å². The van der Waals surface area contributed by atoms with E-state index in [1.54, 1.807) is 0 Å². The summed E-state index contributed by atoms with van der Waals surface area (Å²) in [6.07, 6.45) is 2.15. The largest absolute Gasteiger partial charge is 0.490 e. The Balaban J connectivity index is 2.06. The third kappa shape index (κ3) is 2.35. The standard InChI is InChI=1S/C13H16O3/c1-9-3-6-12-10(7-9)4-5-11(16-12)8-13(14)15-2/h3,6-7,11H,4-5,8H2,1-2H3/t11-/m0/s1. The molecule has 3 nitrogen and oxygen atoms in total. The summed E-state index contributed by atoms with van der Waals surface area (Å²) in [5.74, 6) is 0.700. The second-order valence-electron chi connectivity index (χ2n) is 4.17. The van der Waals surface area contributed by atoms with Gasteiger partial charge in [0.1, 0.15) is 11.9 Å². The number of rotatable bonds is 2. The van der Waals surface area contributed by atoms with Crippen LogP contribution in [0.5, 0.6) is 5.75 Å². The van der Waals surface area contributed by atoms with Gasteiger partial charge in [-0.3, -0.25) is 4.79 Å². The molecule has 16 heavy (non-hydrogen) atoms. The van der Waals surface area contributed by atoms with E-state index in [4.69, 9.17) is 4.74 Å². The number of hydrogen-bond acceptors (Lipinski definition) is 3. The van der Waals surface area contributed by atoms with E-state index >= 15 is 0 Å². The highest BCUT2D eigenvalue weighted by molar-refractivity contribution is 5.69. The first-order chi connectivity index (χ1) is 7.69. The van der Waals surface area contributed by atoms with Gasteiger partial charge in [-0.1, -0.05) is 17.7 Å². The summed E-state index contributed by atoms with van der Waals surface area (Å²) in [4.78, 5) is 11.1. The fourth-order valence-electron chi connectivity index (χ4n) is 1.99. The Morgan fingerprint density at radius 1 is 1.56 bits per heavy atom. The number of fused-ring (bicyclic) bond motifs is 1. The molecule has 1 aromatic carbocycles. The average molecular weight is 220 g/mol. The Morgan fingerprint density at radius 2 is 2.38 bits per heavy atom. The third-order valence-electron chi connectivity index (χ3n) is 2.87. The Labute approximate surface area is 95.4 Å². The van der Waals surface area contributed by atoms with Crippen molar-refractivity contribution in [3.63, 3.8) is 0 Å². The molecule has 0 fully saturated rings. The smallest absolute Gasteiger partial charge is 0.309 e. The van der Waals surface area contributed by atoms with Gasteiger partial charge in [-0.2, -0.15) is 0 Å². The fourth-order valence-corrected chi connectivity index (χ4v) is 1.99. The van der Waals surface area contributed by atoms with Gasteiger partial charge < -0.3 is 9.47 Å². The predicted molar refractivity (Wildman–Crippen MR) is 60.5 cm³/mol. The van der Waals surface area contributed by atoms with Gasteiger partial charge in [-0.15, -0.1) is 0 Å². The van der Waals surface area contributed by atoms with E-state index in [1.165, 1.54) is 18.2 Å². The van der Waals surface area contributed by atoms with Gasteiger partial charge >= 0.3 is 5.97 Å². The zero-order valence-corrected chi connectivity index (χ0v) is 9.66. The quantitative estimate of drug-likeness (QED) is 0.717. The molecule has 3 heteroatoms. The van der Waals surface area contributed by atoms with E-state index in [0.717, 1.165) is 18.6 Å². The number of methoxy groups -OCH3 is 1. The summed E-state index contributed by atoms with van der Waals surface area (Å²) in [6, 6.07) is 6.15. The van der Waals surface area contributed by atoms with Gasteiger partial charge in [0.15, 0.2) is 0 Å². The van der Waals surface area contributed by atoms with Crippen LogP contribution in [0.3, 0.4) is 0 Å². The van der Waals surface area contributed by atoms with E-state index in [0.29, 0.717) is 6.42 Å². The second kappa shape index (κ2) is 4.56. The van der Waals surface area contributed by atoms with Crippen LogP contribution in [-0.4, -0.2) is 19.2 Å². The normalized spacial score (nSPS) is 18.5. The molecule has 0 amide bonds. The maximum absolute atomic E-state index is 11.1. The molecule has 0 aliphatic carbocycles. The molecule has 1 aliphatic heterocycles. The number of ether oxygens (including phenoxy) is 2. The number of aryl methyl sites for hydroxylation is 2. The van der Waals surface area contributed by atoms with Crippen LogP contribution in [-0.2, 0) is 16.0 Å². The molecule has 86 valence electrons. The van der Waals surface area contributed by atoms with Crippen LogP contribution in [0.25, 0.3) is 0 Å². The molecule has 1 aromatic rings. The summed E-state index contributed by atoms with van der Waals surface area (Å²) in [5.41, 5.74) is 2.48. The minimum absolute atomic E-state index is 0.0392. The molecule has 0 unspecified atom stereocenters. The number of hydrogen-bond donors (Lipinski definition) is 0. The van der Waals surface area contributed by atoms with Crippen molar-refractivity contribution < 1.29 is 14.3 Å². The molecule has 0 radical (unpaired) electrons. The van der Waals surface area contributed by atoms with E-state index in [-0.39, 0.29) is 12.1 Å². The van der Waals surface area contributed by atoms with Crippen LogP contribution in [0.1, 0.15) is 24.0 Å². The van der Waals surface area contributed by atoms with Crippen molar-refractivity contribution in [3.8, 4) is 5.75 Å². The topological polar surface area (TPSA) is 35.5 Å². The van der Waals surface area contributed by atoms with E-state index in [9.17, 15) is 4.79 Å². The number of carbonyl (C=O) groups is 1. The number of benzene rings is 1. The molecule has 0 aromatic heterocycles. The van der Waals surface area contributed by atoms with E-state index in [2.05, 4.69) is 17.7 Å². The zero-order valence-electron chi connectivity index (χ0n) is 9.66. The lowest BCUT2D eigenvalue weighted by Gasteiger charge is -2.25. The fraction of sp³-hybridized carbons (Fsp3) is 0.462. The second-order valence-corrected chi connectivity index (χ2v) is 4.17. The third-order valence-corrected chi connectivity index (χ3v) is 2.87. The highest BCUT2D eigenvalue weighted by Crippen LogP contribution is 2.29. The monoisotopic (exact) mass is 220 g/mol. The van der Waals surface area contributed by atoms with Gasteiger partial charge in [-0.25, -0.2) is 0 Å². The highest BCUT2D eigenvalue weighted by atomic mass is 16.5. The molecule has 0 spiro atoms. The van der Waals surface area contributed by atoms with Crippen LogP contribution >= 0.6 is 0 Å². The summed E-state index contributed by atoms with van der Waals surface area (Å²) >= 11 is 0. The van der Waals surface area contributed by atoms with Crippen molar-refractivity contribution in [2.75, 3.05) is 7.11 Å². The minimum atomic E-state index is -0.208. The SMILES string of the molecule is COC(=O)C[C@@H]1CCc2cc(C)ccc2O1. The van der Waals surface area contributed by atoms with Crippen LogP contribution in [0.2, 0.25) is 0 Å². The van der Waals surface area contributed by atoms with E-state index in [1.807, 2.05) is 12.1 Å². The van der Waals surface area contributed by atoms with Crippen molar-refractivity contribution in [2.45, 2.75) is 32.3 Å². The molecule has 2 rings (SSSR count). The van der Waals surface area contributed by atoms with Crippen LogP contribution in [0.15, 0.2) is 18.2 Å². The van der Waals surface area contributed by atoms with Gasteiger partial charge in [0.25, 0.3) is 0 Å². The Kier molecular flexibility index (Phi) is 3.13. The molecule has 0 saturated carbocycles. The molecule has 1 heterocycles. The lowest BCUT2D eigenvalue weighted by atomic mass is 9.99. The van der Waals surface area contributed by atoms with Crippen LogP contribution < -0.4 is 4.74 Å². The molecular weight excluding hydrogens is 204 g/mol. The maximum atomic E-state index is 11.1. The highest BCUT2D eigenvalue weighted by Gasteiger charge is 2.22. The Morgan fingerprint density at radius 3 is 3.12 bits per heavy atom. The lowest BCUT2D eigenvalue weighted by Crippen LogP contribution is -2.26. The summed E-state index contributed by atoms with van der Waals surface area (Å²) in [6.45, 7) is 2.07. The molecule has 1 aliphatic rings. The van der Waals surface area contributed by atoms with Gasteiger partial charge in [-0.05, 0) is 31.4 Å². The Bertz CT molecular complexity index is 398. The van der Waals surface area contributed by atoms with Gasteiger partial charge in [0.2, 0.25) is 0 Å². The number of esters is 1. The zero-order chi connectivity index (χ0) is 11.5. The molecule has 0 N–H and O–H groups in total. The van der Waals surface area contributed by atoms with Gasteiger partial charge in [0, 0.05) is 0 Å². The first kappa shape index (κ1) is 11.0. The molecule has 0 bridgehead atoms. The number of carbonyl (C=O) groups excluding carboxylic acids is 1. The average Bonchev–Trinajstić information content (AvgIpc) is 2.29. The molecule has 0 saturated heterocycles. The maximum Gasteiger partial charge on any atom is 0.309 e. The molecule has 1 atom stereocenters. The van der Waals surface area contributed by atoms with Crippen LogP contribution in [0, 0.1) is 6.92 Å². The first-order valence-corrected chi connectivity index (χ1v) is 5.52. The van der Waals surface area contributed by atoms with Crippen molar-refractivity contribution >= 4 is 5.97 Å². The van der Waals surface area contributed by atoms with Crippen molar-refractivity contribution in [3.05, 3.63) is 29.3 Å². The van der Waals surface area contributed by atoms with Crippen molar-refractivity contribution in [2.24, 2.45) is 0 Å². The van der Waals surface area contributed by atoms with Crippen molar-refractivity contribution in [1.29, 1.82) is 0 Å².